The van der Waals surface area contributed by atoms with E-state index in [0.717, 1.165) is 23.1 Å². The van der Waals surface area contributed by atoms with Crippen molar-refractivity contribution >= 4 is 9.84 Å². The van der Waals surface area contributed by atoms with E-state index < -0.39 is 26.6 Å². The van der Waals surface area contributed by atoms with Gasteiger partial charge in [-0.2, -0.15) is 4.68 Å². The van der Waals surface area contributed by atoms with E-state index in [-0.39, 0.29) is 5.69 Å². The minimum absolute atomic E-state index is 0.104. The van der Waals surface area contributed by atoms with E-state index >= 15 is 0 Å². The second-order valence-corrected chi connectivity index (χ2v) is 5.18. The largest absolute Gasteiger partial charge is 0.272 e. The molecule has 0 amide bonds. The number of hydrogen-bond acceptors (Lipinski definition) is 5. The van der Waals surface area contributed by atoms with Gasteiger partial charge in [0.05, 0.1) is 5.69 Å². The first-order valence-electron chi connectivity index (χ1n) is 4.33. The number of halogens is 2. The number of sulfone groups is 1. The summed E-state index contributed by atoms with van der Waals surface area (Å²) in [5, 5.41) is 9.35. The predicted molar refractivity (Wildman–Crippen MR) is 52.2 cm³/mol. The highest BCUT2D eigenvalue weighted by Crippen LogP contribution is 2.14. The zero-order chi connectivity index (χ0) is 12.6. The molecule has 17 heavy (non-hydrogen) atoms. The zero-order valence-corrected chi connectivity index (χ0v) is 9.32. The fourth-order valence-corrected chi connectivity index (χ4v) is 1.87. The van der Waals surface area contributed by atoms with E-state index in [4.69, 9.17) is 0 Å². The van der Waals surface area contributed by atoms with Crippen molar-refractivity contribution in [3.63, 3.8) is 0 Å². The second-order valence-electron chi connectivity index (χ2n) is 3.27. The molecule has 0 radical (unpaired) electrons. The molecule has 6 nitrogen and oxygen atoms in total. The molecule has 0 unspecified atom stereocenters. The molecule has 2 aromatic rings. The van der Waals surface area contributed by atoms with Gasteiger partial charge in [-0.15, -0.1) is 0 Å². The van der Waals surface area contributed by atoms with Crippen molar-refractivity contribution < 1.29 is 17.2 Å². The van der Waals surface area contributed by atoms with Crippen molar-refractivity contribution in [1.82, 2.24) is 20.2 Å². The van der Waals surface area contributed by atoms with Crippen LogP contribution in [0.3, 0.4) is 0 Å². The van der Waals surface area contributed by atoms with Gasteiger partial charge in [0.1, 0.15) is 11.6 Å². The summed E-state index contributed by atoms with van der Waals surface area (Å²) in [6.07, 6.45) is 0.894. The molecule has 0 N–H and O–H groups in total. The molecule has 2 rings (SSSR count). The molecular formula is C8H6F2N4O2S. The average molecular weight is 260 g/mol. The van der Waals surface area contributed by atoms with Gasteiger partial charge in [0.25, 0.3) is 5.16 Å². The van der Waals surface area contributed by atoms with Crippen LogP contribution < -0.4 is 0 Å². The molecule has 0 aliphatic rings. The SMILES string of the molecule is CS(=O)(=O)c1nnnn1-c1cc(F)cc(F)c1. The van der Waals surface area contributed by atoms with Crippen molar-refractivity contribution in [2.75, 3.05) is 6.26 Å². The van der Waals surface area contributed by atoms with Gasteiger partial charge in [0.15, 0.2) is 0 Å². The highest BCUT2D eigenvalue weighted by atomic mass is 32.2. The molecule has 1 aromatic heterocycles. The number of benzene rings is 1. The van der Waals surface area contributed by atoms with Crippen molar-refractivity contribution in [3.05, 3.63) is 29.8 Å². The summed E-state index contributed by atoms with van der Waals surface area (Å²) in [7, 11) is -3.68. The summed E-state index contributed by atoms with van der Waals surface area (Å²) in [4.78, 5) is 0. The van der Waals surface area contributed by atoms with Crippen molar-refractivity contribution in [3.8, 4) is 5.69 Å². The summed E-state index contributed by atoms with van der Waals surface area (Å²) >= 11 is 0. The van der Waals surface area contributed by atoms with Gasteiger partial charge in [-0.25, -0.2) is 17.2 Å². The molecule has 0 atom stereocenters. The minimum atomic E-state index is -3.68. The van der Waals surface area contributed by atoms with Crippen LogP contribution in [0.1, 0.15) is 0 Å². The van der Waals surface area contributed by atoms with Crippen LogP contribution >= 0.6 is 0 Å². The molecule has 0 bridgehead atoms. The van der Waals surface area contributed by atoms with E-state index in [0.29, 0.717) is 6.07 Å². The molecule has 1 heterocycles. The maximum atomic E-state index is 13.0. The Labute approximate surface area is 94.8 Å². The fourth-order valence-electron chi connectivity index (χ4n) is 1.23. The van der Waals surface area contributed by atoms with Gasteiger partial charge >= 0.3 is 0 Å². The first-order chi connectivity index (χ1) is 7.88. The topological polar surface area (TPSA) is 77.7 Å². The molecule has 9 heteroatoms. The second kappa shape index (κ2) is 3.84. The van der Waals surface area contributed by atoms with Crippen LogP contribution in [-0.4, -0.2) is 34.9 Å². The Balaban J connectivity index is 2.66. The van der Waals surface area contributed by atoms with E-state index in [1.165, 1.54) is 0 Å². The predicted octanol–water partition coefficient (Wildman–Crippen LogP) is 0.344. The number of hydrogen-bond donors (Lipinski definition) is 0. The third kappa shape index (κ3) is 2.28. The fraction of sp³-hybridized carbons (Fsp3) is 0.125. The first-order valence-corrected chi connectivity index (χ1v) is 6.22. The third-order valence-corrected chi connectivity index (χ3v) is 2.78. The van der Waals surface area contributed by atoms with E-state index in [9.17, 15) is 17.2 Å². The van der Waals surface area contributed by atoms with Gasteiger partial charge < -0.3 is 0 Å². The lowest BCUT2D eigenvalue weighted by molar-refractivity contribution is 0.571. The lowest BCUT2D eigenvalue weighted by Crippen LogP contribution is -2.09. The Morgan fingerprint density at radius 1 is 1.18 bits per heavy atom. The summed E-state index contributed by atoms with van der Waals surface area (Å²) in [6, 6.07) is 2.51. The molecule has 0 saturated heterocycles. The number of nitrogens with zero attached hydrogens (tertiary/aromatic N) is 4. The lowest BCUT2D eigenvalue weighted by Gasteiger charge is -2.03. The average Bonchev–Trinajstić information content (AvgIpc) is 2.63. The maximum absolute atomic E-state index is 13.0. The molecule has 0 spiro atoms. The van der Waals surface area contributed by atoms with E-state index in [1.54, 1.807) is 0 Å². The molecule has 90 valence electrons. The highest BCUT2D eigenvalue weighted by molar-refractivity contribution is 7.90. The molecule has 0 aliphatic heterocycles. The van der Waals surface area contributed by atoms with Gasteiger partial charge in [0.2, 0.25) is 9.84 Å². The smallest absolute Gasteiger partial charge is 0.221 e. The van der Waals surface area contributed by atoms with E-state index in [1.807, 2.05) is 0 Å². The Morgan fingerprint density at radius 3 is 2.29 bits per heavy atom. The monoisotopic (exact) mass is 260 g/mol. The van der Waals surface area contributed by atoms with Crippen LogP contribution in [0.2, 0.25) is 0 Å². The van der Waals surface area contributed by atoms with Gasteiger partial charge in [-0.1, -0.05) is 5.10 Å². The molecule has 0 aliphatic carbocycles. The van der Waals surface area contributed by atoms with E-state index in [2.05, 4.69) is 15.5 Å². The summed E-state index contributed by atoms with van der Waals surface area (Å²) in [6.45, 7) is 0. The lowest BCUT2D eigenvalue weighted by atomic mass is 10.3. The quantitative estimate of drug-likeness (QED) is 0.778. The first kappa shape index (κ1) is 11.6. The molecule has 0 saturated carbocycles. The van der Waals surface area contributed by atoms with Crippen LogP contribution in [0, 0.1) is 11.6 Å². The minimum Gasteiger partial charge on any atom is -0.221 e. The standard InChI is InChI=1S/C8H6F2N4O2S/c1-17(15,16)8-11-12-13-14(8)7-3-5(9)2-6(10)4-7/h2-4H,1H3. The highest BCUT2D eigenvalue weighted by Gasteiger charge is 2.19. The zero-order valence-electron chi connectivity index (χ0n) is 8.50. The molecular weight excluding hydrogens is 254 g/mol. The van der Waals surface area contributed by atoms with Crippen LogP contribution in [0.25, 0.3) is 5.69 Å². The summed E-state index contributed by atoms with van der Waals surface area (Å²) in [5.41, 5.74) is -0.104. The Kier molecular flexibility index (Phi) is 2.62. The Hall–Kier alpha value is -1.90. The third-order valence-electron chi connectivity index (χ3n) is 1.86. The summed E-state index contributed by atoms with van der Waals surface area (Å²) in [5.74, 6) is -1.70. The summed E-state index contributed by atoms with van der Waals surface area (Å²) < 4.78 is 49.3. The van der Waals surface area contributed by atoms with Crippen molar-refractivity contribution in [1.29, 1.82) is 0 Å². The maximum Gasteiger partial charge on any atom is 0.272 e. The Morgan fingerprint density at radius 2 is 1.76 bits per heavy atom. The number of tetrazole rings is 1. The normalized spacial score (nSPS) is 11.7. The van der Waals surface area contributed by atoms with Crippen LogP contribution in [0.4, 0.5) is 8.78 Å². The number of rotatable bonds is 2. The van der Waals surface area contributed by atoms with Crippen LogP contribution in [0.5, 0.6) is 0 Å². The molecule has 1 aromatic carbocycles. The van der Waals surface area contributed by atoms with Crippen LogP contribution in [-0.2, 0) is 9.84 Å². The molecule has 0 fully saturated rings. The van der Waals surface area contributed by atoms with Crippen molar-refractivity contribution in [2.24, 2.45) is 0 Å². The van der Waals surface area contributed by atoms with Gasteiger partial charge in [0, 0.05) is 12.3 Å². The van der Waals surface area contributed by atoms with Crippen molar-refractivity contribution in [2.45, 2.75) is 5.16 Å². The van der Waals surface area contributed by atoms with Gasteiger partial charge in [-0.3, -0.25) is 0 Å². The van der Waals surface area contributed by atoms with Crippen LogP contribution in [0.15, 0.2) is 23.4 Å². The van der Waals surface area contributed by atoms with Gasteiger partial charge in [-0.05, 0) is 22.6 Å². The number of aromatic nitrogens is 4. The Bertz CT molecular complexity index is 648.